The molecule has 0 radical (unpaired) electrons. The van der Waals surface area contributed by atoms with E-state index in [1.807, 2.05) is 13.8 Å². The van der Waals surface area contributed by atoms with Crippen LogP contribution in [0.5, 0.6) is 0 Å². The number of ether oxygens (including phenoxy) is 2. The Morgan fingerprint density at radius 2 is 1.86 bits per heavy atom. The second-order valence-electron chi connectivity index (χ2n) is 7.50. The minimum absolute atomic E-state index is 0.0243. The van der Waals surface area contributed by atoms with Crippen molar-refractivity contribution < 1.29 is 24.2 Å². The molecule has 3 saturated carbocycles. The number of carboxylic acid groups (broad SMARTS) is 1. The van der Waals surface area contributed by atoms with Crippen LogP contribution in [0.3, 0.4) is 0 Å². The normalized spacial score (nSPS) is 37.3. The van der Waals surface area contributed by atoms with Crippen LogP contribution in [0.2, 0.25) is 0 Å². The average molecular weight is 310 g/mol. The van der Waals surface area contributed by atoms with Crippen molar-refractivity contribution in [3.8, 4) is 0 Å². The van der Waals surface area contributed by atoms with Gasteiger partial charge < -0.3 is 14.6 Å². The molecule has 2 bridgehead atoms. The monoisotopic (exact) mass is 310 g/mol. The van der Waals surface area contributed by atoms with Gasteiger partial charge in [-0.25, -0.2) is 0 Å². The molecule has 3 fully saturated rings. The van der Waals surface area contributed by atoms with E-state index < -0.39 is 24.6 Å². The van der Waals surface area contributed by atoms with Gasteiger partial charge in [0.1, 0.15) is 6.42 Å². The maximum absolute atomic E-state index is 11.6. The molecule has 0 heterocycles. The summed E-state index contributed by atoms with van der Waals surface area (Å²) in [7, 11) is 0. The number of esters is 1. The standard InChI is InChI=1S/C17H26O5/c1-9(2)17(22-16(20)8-15(18)19)21-14-7-10-6-13(14)12-5-3-4-11(10)12/h9-14,17H,3-8H2,1-2H3,(H,18,19). The second kappa shape index (κ2) is 6.19. The molecule has 124 valence electrons. The molecule has 22 heavy (non-hydrogen) atoms. The molecular formula is C17H26O5. The van der Waals surface area contributed by atoms with E-state index in [2.05, 4.69) is 0 Å². The van der Waals surface area contributed by atoms with E-state index in [0.717, 1.165) is 24.2 Å². The lowest BCUT2D eigenvalue weighted by atomic mass is 9.80. The summed E-state index contributed by atoms with van der Waals surface area (Å²) in [6.45, 7) is 3.87. The van der Waals surface area contributed by atoms with Crippen molar-refractivity contribution in [3.05, 3.63) is 0 Å². The predicted octanol–water partition coefficient (Wildman–Crippen LogP) is 2.83. The number of hydrogen-bond acceptors (Lipinski definition) is 4. The zero-order chi connectivity index (χ0) is 15.9. The van der Waals surface area contributed by atoms with Crippen molar-refractivity contribution in [1.29, 1.82) is 0 Å². The van der Waals surface area contributed by atoms with Gasteiger partial charge in [0, 0.05) is 5.92 Å². The van der Waals surface area contributed by atoms with Gasteiger partial charge >= 0.3 is 11.9 Å². The maximum Gasteiger partial charge on any atom is 0.319 e. The number of aliphatic carboxylic acids is 1. The van der Waals surface area contributed by atoms with Crippen LogP contribution in [0.1, 0.15) is 52.4 Å². The Balaban J connectivity index is 1.58. The summed E-state index contributed by atoms with van der Waals surface area (Å²) in [5, 5.41) is 8.67. The highest BCUT2D eigenvalue weighted by Crippen LogP contribution is 2.59. The van der Waals surface area contributed by atoms with E-state index in [1.165, 1.54) is 25.7 Å². The first-order valence-corrected chi connectivity index (χ1v) is 8.52. The summed E-state index contributed by atoms with van der Waals surface area (Å²) in [6.07, 6.45) is 5.31. The minimum atomic E-state index is -1.17. The van der Waals surface area contributed by atoms with Crippen LogP contribution >= 0.6 is 0 Å². The number of fused-ring (bicyclic) bond motifs is 5. The quantitative estimate of drug-likeness (QED) is 0.464. The van der Waals surface area contributed by atoms with E-state index in [4.69, 9.17) is 14.6 Å². The molecule has 5 nitrogen and oxygen atoms in total. The summed E-state index contributed by atoms with van der Waals surface area (Å²) in [5.41, 5.74) is 0. The molecule has 0 aromatic carbocycles. The lowest BCUT2D eigenvalue weighted by Gasteiger charge is -2.34. The Morgan fingerprint density at radius 1 is 1.14 bits per heavy atom. The molecule has 0 amide bonds. The van der Waals surface area contributed by atoms with Crippen LogP contribution in [-0.2, 0) is 19.1 Å². The van der Waals surface area contributed by atoms with Gasteiger partial charge in [-0.1, -0.05) is 20.3 Å². The Hall–Kier alpha value is -1.10. The van der Waals surface area contributed by atoms with Gasteiger partial charge in [0.15, 0.2) is 0 Å². The molecule has 0 aromatic rings. The summed E-state index contributed by atoms with van der Waals surface area (Å²) in [4.78, 5) is 22.2. The maximum atomic E-state index is 11.6. The number of carboxylic acids is 1. The van der Waals surface area contributed by atoms with Crippen molar-refractivity contribution in [3.63, 3.8) is 0 Å². The number of carbonyl (C=O) groups excluding carboxylic acids is 1. The van der Waals surface area contributed by atoms with Crippen LogP contribution in [0.25, 0.3) is 0 Å². The number of rotatable bonds is 6. The third-order valence-electron chi connectivity index (χ3n) is 5.76. The highest BCUT2D eigenvalue weighted by molar-refractivity contribution is 5.90. The zero-order valence-corrected chi connectivity index (χ0v) is 13.4. The van der Waals surface area contributed by atoms with Crippen molar-refractivity contribution in [2.45, 2.75) is 64.8 Å². The van der Waals surface area contributed by atoms with Crippen LogP contribution in [0, 0.1) is 29.6 Å². The smallest absolute Gasteiger partial charge is 0.319 e. The summed E-state index contributed by atoms with van der Waals surface area (Å²) in [5.74, 6) is 1.23. The Bertz CT molecular complexity index is 446. The van der Waals surface area contributed by atoms with E-state index in [-0.39, 0.29) is 12.0 Å². The molecule has 0 spiro atoms. The van der Waals surface area contributed by atoms with Crippen molar-refractivity contribution in [2.75, 3.05) is 0 Å². The third-order valence-corrected chi connectivity index (χ3v) is 5.76. The van der Waals surface area contributed by atoms with E-state index >= 15 is 0 Å². The van der Waals surface area contributed by atoms with E-state index in [0.29, 0.717) is 5.92 Å². The van der Waals surface area contributed by atoms with Gasteiger partial charge in [0.05, 0.1) is 6.10 Å². The fraction of sp³-hybridized carbons (Fsp3) is 0.882. The molecule has 3 aliphatic carbocycles. The molecule has 0 aromatic heterocycles. The zero-order valence-electron chi connectivity index (χ0n) is 13.4. The number of hydrogen-bond donors (Lipinski definition) is 1. The first-order valence-electron chi connectivity index (χ1n) is 8.52. The fourth-order valence-electron chi connectivity index (χ4n) is 4.95. The molecule has 1 N–H and O–H groups in total. The lowest BCUT2D eigenvalue weighted by Crippen LogP contribution is -2.37. The van der Waals surface area contributed by atoms with Gasteiger partial charge in [-0.3, -0.25) is 9.59 Å². The summed E-state index contributed by atoms with van der Waals surface area (Å²) in [6, 6.07) is 0. The van der Waals surface area contributed by atoms with Gasteiger partial charge in [-0.15, -0.1) is 0 Å². The van der Waals surface area contributed by atoms with E-state index in [1.54, 1.807) is 0 Å². The van der Waals surface area contributed by atoms with Gasteiger partial charge in [0.25, 0.3) is 0 Å². The SMILES string of the molecule is CC(C)C(OC(=O)CC(=O)O)OC1CC2CC1C1CCCC21. The van der Waals surface area contributed by atoms with Gasteiger partial charge in [-0.05, 0) is 49.4 Å². The predicted molar refractivity (Wildman–Crippen MR) is 78.9 cm³/mol. The Kier molecular flexibility index (Phi) is 4.44. The largest absolute Gasteiger partial charge is 0.481 e. The van der Waals surface area contributed by atoms with Crippen molar-refractivity contribution >= 4 is 11.9 Å². The van der Waals surface area contributed by atoms with Crippen molar-refractivity contribution in [2.24, 2.45) is 29.6 Å². The highest BCUT2D eigenvalue weighted by atomic mass is 16.7. The summed E-state index contributed by atoms with van der Waals surface area (Å²) >= 11 is 0. The Morgan fingerprint density at radius 3 is 2.55 bits per heavy atom. The molecule has 0 aliphatic heterocycles. The summed E-state index contributed by atoms with van der Waals surface area (Å²) < 4.78 is 11.4. The topological polar surface area (TPSA) is 72.8 Å². The average Bonchev–Trinajstić information content (AvgIpc) is 3.08. The first-order chi connectivity index (χ1) is 10.5. The second-order valence-corrected chi connectivity index (χ2v) is 7.50. The molecular weight excluding hydrogens is 284 g/mol. The third kappa shape index (κ3) is 3.00. The van der Waals surface area contributed by atoms with Gasteiger partial charge in [-0.2, -0.15) is 0 Å². The lowest BCUT2D eigenvalue weighted by molar-refractivity contribution is -0.210. The van der Waals surface area contributed by atoms with Crippen LogP contribution in [0.15, 0.2) is 0 Å². The van der Waals surface area contributed by atoms with E-state index in [9.17, 15) is 9.59 Å². The molecule has 5 heteroatoms. The molecule has 0 saturated heterocycles. The van der Waals surface area contributed by atoms with Crippen LogP contribution in [0.4, 0.5) is 0 Å². The minimum Gasteiger partial charge on any atom is -0.481 e. The Labute approximate surface area is 131 Å². The van der Waals surface area contributed by atoms with Gasteiger partial charge in [0.2, 0.25) is 6.29 Å². The molecule has 3 rings (SSSR count). The molecule has 6 unspecified atom stereocenters. The molecule has 3 aliphatic rings. The number of carbonyl (C=O) groups is 2. The highest BCUT2D eigenvalue weighted by Gasteiger charge is 2.54. The van der Waals surface area contributed by atoms with Crippen LogP contribution < -0.4 is 0 Å². The fourth-order valence-corrected chi connectivity index (χ4v) is 4.95. The first kappa shape index (κ1) is 15.8. The molecule has 6 atom stereocenters. The van der Waals surface area contributed by atoms with Crippen LogP contribution in [-0.4, -0.2) is 29.4 Å². The van der Waals surface area contributed by atoms with Crippen molar-refractivity contribution in [1.82, 2.24) is 0 Å².